The molecule has 3 N–H and O–H groups in total. The third-order valence-corrected chi connectivity index (χ3v) is 9.33. The Morgan fingerprint density at radius 1 is 1.38 bits per heavy atom. The zero-order valence-electron chi connectivity index (χ0n) is 14.6. The smallest absolute Gasteiger partial charge is 0.330 e. The molecule has 1 fully saturated rings. The normalized spacial score (nSPS) is 28.3. The van der Waals surface area contributed by atoms with Gasteiger partial charge in [-0.1, -0.05) is 20.8 Å². The van der Waals surface area contributed by atoms with Crippen LogP contribution in [0.1, 0.15) is 27.0 Å². The Bertz CT molecular complexity index is 692. The van der Waals surface area contributed by atoms with Crippen LogP contribution in [-0.2, 0) is 9.16 Å². The largest absolute Gasteiger partial charge is 0.407 e. The van der Waals surface area contributed by atoms with Gasteiger partial charge in [0.05, 0.1) is 6.61 Å². The Labute approximate surface area is 141 Å². The molecule has 1 aliphatic rings. The highest BCUT2D eigenvalue weighted by atomic mass is 28.4. The van der Waals surface area contributed by atoms with E-state index in [0.717, 1.165) is 0 Å². The molecule has 0 aliphatic carbocycles. The molecule has 2 rings (SSSR count). The van der Waals surface area contributed by atoms with Gasteiger partial charge in [-0.15, -0.1) is 0 Å². The average molecular weight is 358 g/mol. The van der Waals surface area contributed by atoms with Gasteiger partial charge in [0, 0.05) is 12.3 Å². The van der Waals surface area contributed by atoms with Gasteiger partial charge in [0.1, 0.15) is 18.3 Å². The van der Waals surface area contributed by atoms with E-state index in [1.54, 1.807) is 0 Å². The van der Waals surface area contributed by atoms with Crippen molar-refractivity contribution in [3.8, 4) is 0 Å². The summed E-state index contributed by atoms with van der Waals surface area (Å²) >= 11 is 0. The number of aliphatic hydroxyl groups is 2. The van der Waals surface area contributed by atoms with Crippen molar-refractivity contribution in [1.82, 2.24) is 9.55 Å². The molecule has 0 aromatic carbocycles. The predicted molar refractivity (Wildman–Crippen MR) is 90.4 cm³/mol. The molecule has 1 aliphatic heterocycles. The highest BCUT2D eigenvalue weighted by molar-refractivity contribution is 6.74. The molecular weight excluding hydrogens is 332 g/mol. The summed E-state index contributed by atoms with van der Waals surface area (Å²) in [6.45, 7) is 9.84. The molecule has 8 nitrogen and oxygen atoms in total. The van der Waals surface area contributed by atoms with E-state index in [-0.39, 0.29) is 5.04 Å². The van der Waals surface area contributed by atoms with Gasteiger partial charge in [0.15, 0.2) is 14.5 Å². The summed E-state index contributed by atoms with van der Waals surface area (Å²) in [5.74, 6) is 0. The van der Waals surface area contributed by atoms with Crippen molar-refractivity contribution in [3.63, 3.8) is 0 Å². The van der Waals surface area contributed by atoms with Crippen LogP contribution in [0.15, 0.2) is 21.9 Å². The first-order chi connectivity index (χ1) is 11.0. The second-order valence-corrected chi connectivity index (χ2v) is 12.4. The second-order valence-electron chi connectivity index (χ2n) is 7.60. The molecule has 0 bridgehead atoms. The van der Waals surface area contributed by atoms with Gasteiger partial charge >= 0.3 is 5.69 Å². The molecule has 24 heavy (non-hydrogen) atoms. The standard InChI is InChI=1S/C15H26N2O6Si/c1-15(2,3)24(4,5)23-12-11(20)9(8-18)22-13(12)17-7-6-10(19)16-14(17)21/h6-7,9,11-13,18,20H,8H2,1-5H3,(H,16,19,21)/t9-,11-,12-,13-/m0/s1. The molecule has 0 saturated carbocycles. The van der Waals surface area contributed by atoms with Crippen LogP contribution in [0.3, 0.4) is 0 Å². The molecule has 136 valence electrons. The Kier molecular flexibility index (Phi) is 5.21. The molecule has 1 aromatic rings. The number of aromatic amines is 1. The third kappa shape index (κ3) is 3.54. The lowest BCUT2D eigenvalue weighted by Gasteiger charge is -2.40. The Balaban J connectivity index is 2.41. The quantitative estimate of drug-likeness (QED) is 0.662. The van der Waals surface area contributed by atoms with Crippen molar-refractivity contribution in [3.05, 3.63) is 33.1 Å². The fourth-order valence-electron chi connectivity index (χ4n) is 2.36. The fourth-order valence-corrected chi connectivity index (χ4v) is 3.65. The van der Waals surface area contributed by atoms with Gasteiger partial charge in [-0.2, -0.15) is 0 Å². The van der Waals surface area contributed by atoms with Gasteiger partial charge in [-0.3, -0.25) is 14.3 Å². The van der Waals surface area contributed by atoms with E-state index in [2.05, 4.69) is 25.8 Å². The van der Waals surface area contributed by atoms with E-state index in [1.165, 1.54) is 16.8 Å². The number of hydrogen-bond acceptors (Lipinski definition) is 6. The lowest BCUT2D eigenvalue weighted by atomic mass is 10.1. The summed E-state index contributed by atoms with van der Waals surface area (Å²) in [5.41, 5.74) is -1.17. The van der Waals surface area contributed by atoms with Crippen molar-refractivity contribution in [2.24, 2.45) is 0 Å². The first-order valence-corrected chi connectivity index (χ1v) is 10.8. The molecule has 2 heterocycles. The summed E-state index contributed by atoms with van der Waals surface area (Å²) in [6.07, 6.45) is -2.36. The third-order valence-electron chi connectivity index (χ3n) is 4.85. The van der Waals surface area contributed by atoms with E-state index in [9.17, 15) is 19.8 Å². The molecule has 9 heteroatoms. The number of aromatic nitrogens is 2. The number of H-pyrrole nitrogens is 1. The zero-order chi connectivity index (χ0) is 18.3. The molecular formula is C15H26N2O6Si. The summed E-state index contributed by atoms with van der Waals surface area (Å²) in [7, 11) is -2.27. The average Bonchev–Trinajstić information content (AvgIpc) is 2.74. The first kappa shape index (κ1) is 19.1. The van der Waals surface area contributed by atoms with Crippen LogP contribution >= 0.6 is 0 Å². The van der Waals surface area contributed by atoms with E-state index in [4.69, 9.17) is 9.16 Å². The minimum absolute atomic E-state index is 0.107. The number of hydrogen-bond donors (Lipinski definition) is 3. The maximum atomic E-state index is 12.1. The Morgan fingerprint density at radius 3 is 2.50 bits per heavy atom. The second kappa shape index (κ2) is 6.56. The van der Waals surface area contributed by atoms with Crippen molar-refractivity contribution < 1.29 is 19.4 Å². The van der Waals surface area contributed by atoms with Gasteiger partial charge in [0.25, 0.3) is 5.56 Å². The monoisotopic (exact) mass is 358 g/mol. The van der Waals surface area contributed by atoms with Crippen LogP contribution in [0.4, 0.5) is 0 Å². The molecule has 0 spiro atoms. The minimum atomic E-state index is -2.27. The summed E-state index contributed by atoms with van der Waals surface area (Å²) in [5, 5.41) is 19.8. The summed E-state index contributed by atoms with van der Waals surface area (Å²) < 4.78 is 13.1. The molecule has 0 amide bonds. The number of aliphatic hydroxyl groups excluding tert-OH is 2. The van der Waals surface area contributed by atoms with Gasteiger partial charge in [-0.05, 0) is 18.1 Å². The number of nitrogens with one attached hydrogen (secondary N) is 1. The van der Waals surface area contributed by atoms with E-state index in [1.807, 2.05) is 13.1 Å². The van der Waals surface area contributed by atoms with Crippen LogP contribution in [-0.4, -0.2) is 53.0 Å². The lowest BCUT2D eigenvalue weighted by Crippen LogP contribution is -2.49. The number of rotatable bonds is 4. The van der Waals surface area contributed by atoms with E-state index in [0.29, 0.717) is 0 Å². The highest BCUT2D eigenvalue weighted by Crippen LogP contribution is 2.41. The van der Waals surface area contributed by atoms with Crippen LogP contribution < -0.4 is 11.2 Å². The van der Waals surface area contributed by atoms with Crippen LogP contribution in [0.25, 0.3) is 0 Å². The Hall–Kier alpha value is -1.26. The van der Waals surface area contributed by atoms with Crippen molar-refractivity contribution in [2.75, 3.05) is 6.61 Å². The SMILES string of the molecule is CC(C)(C)[Si](C)(C)O[C@H]1[C@@H](O)[C@H](CO)O[C@@H]1n1ccc(=O)[nH]c1=O. The summed E-state index contributed by atoms with van der Waals surface area (Å²) in [4.78, 5) is 25.5. The summed E-state index contributed by atoms with van der Waals surface area (Å²) in [6, 6.07) is 1.20. The van der Waals surface area contributed by atoms with E-state index >= 15 is 0 Å². The van der Waals surface area contributed by atoms with Crippen molar-refractivity contribution in [1.29, 1.82) is 0 Å². The van der Waals surface area contributed by atoms with Gasteiger partial charge in [-0.25, -0.2) is 4.79 Å². The van der Waals surface area contributed by atoms with E-state index < -0.39 is 50.7 Å². The molecule has 4 atom stereocenters. The lowest BCUT2D eigenvalue weighted by molar-refractivity contribution is -0.0534. The Morgan fingerprint density at radius 2 is 2.00 bits per heavy atom. The van der Waals surface area contributed by atoms with Gasteiger partial charge in [0.2, 0.25) is 0 Å². The highest BCUT2D eigenvalue weighted by Gasteiger charge is 2.50. The fraction of sp³-hybridized carbons (Fsp3) is 0.733. The molecule has 0 unspecified atom stereocenters. The van der Waals surface area contributed by atoms with Crippen LogP contribution in [0, 0.1) is 0 Å². The molecule has 1 aromatic heterocycles. The van der Waals surface area contributed by atoms with Crippen LogP contribution in [0.2, 0.25) is 18.1 Å². The minimum Gasteiger partial charge on any atom is -0.407 e. The van der Waals surface area contributed by atoms with Crippen molar-refractivity contribution >= 4 is 8.32 Å². The molecule has 0 radical (unpaired) electrons. The topological polar surface area (TPSA) is 114 Å². The maximum absolute atomic E-state index is 12.1. The maximum Gasteiger partial charge on any atom is 0.330 e. The number of ether oxygens (including phenoxy) is 1. The molecule has 1 saturated heterocycles. The predicted octanol–water partition coefficient (Wildman–Crippen LogP) is 0.178. The van der Waals surface area contributed by atoms with Crippen LogP contribution in [0.5, 0.6) is 0 Å². The first-order valence-electron chi connectivity index (χ1n) is 7.91. The van der Waals surface area contributed by atoms with Gasteiger partial charge < -0.3 is 19.4 Å². The number of nitrogens with zero attached hydrogens (tertiary/aromatic N) is 1. The zero-order valence-corrected chi connectivity index (χ0v) is 15.6. The van der Waals surface area contributed by atoms with Crippen molar-refractivity contribution in [2.45, 2.75) is 63.4 Å².